The van der Waals surface area contributed by atoms with E-state index < -0.39 is 58.7 Å². The molecule has 4 aliphatic rings. The van der Waals surface area contributed by atoms with Crippen molar-refractivity contribution >= 4 is 104 Å². The number of carbonyl (C=O) groups is 12. The van der Waals surface area contributed by atoms with E-state index in [1.165, 1.54) is 35.3 Å². The molecule has 724 valence electrons. The molecular formula is C114H156N8O12. The van der Waals surface area contributed by atoms with Crippen molar-refractivity contribution in [1.29, 1.82) is 0 Å². The molecule has 0 aromatic heterocycles. The van der Waals surface area contributed by atoms with Crippen LogP contribution in [0.5, 0.6) is 0 Å². The standard InChI is InChI=1S/C30H44N2O3.C29H36N2O3.C28H36N2O3.C27H40N2O3/c1-21-14-16-23(17-15-21)22(2)19-25(33)20-26(30(3,4)5)28(34)32-18-10-13-27(32)29(35)31(6)24-11-8-7-9-12-24;1-20-13-15-22(16-14-20)21(2)18-24(32)19-25(29(3,4)5)28(34)31-17-9-12-26(31)27(33)30-23-10-7-6-8-11-23;1-19-13-15-22(16-14-19)20(2)17-24(31)18-25(28(4,5)6)26(32)29-21(3)27(33)30(7)23-11-9-8-10-12-23;1-8-28(9-2)26(32)24-11-10-16-29(24)25(31)23(27(5,6)7)18-22(30)17-20(4)21-14-12-19(3)13-15-21/h14-17,19,24,26-27H,7-13,18,20H2,1-6H3;6-8,10-11,13-16,18,25-26H,9,12,17,19H2,1-5H3,(H,30,33);8-17,21,25H,18H2,1-7H3,(H,29,32);12-15,17,23-24H,8-11,16,18H2,1-7H3/b22-19+;21-18+;2*20-17+/t26-,27+;25-,26+;21-,25+;23-,24+/m1101/s1. The quantitative estimate of drug-likeness (QED) is 0.0400. The van der Waals surface area contributed by atoms with Crippen LogP contribution < -0.4 is 15.5 Å². The Labute approximate surface area is 801 Å². The average Bonchev–Trinajstić information content (AvgIpc) is 1.80. The lowest BCUT2D eigenvalue weighted by Gasteiger charge is -2.38. The Balaban J connectivity index is 0.000000244. The van der Waals surface area contributed by atoms with Gasteiger partial charge < -0.3 is 40.0 Å². The van der Waals surface area contributed by atoms with E-state index in [0.717, 1.165) is 93.5 Å². The smallest absolute Gasteiger partial charge is 0.249 e. The molecule has 6 aromatic carbocycles. The van der Waals surface area contributed by atoms with Crippen LogP contribution in [0.25, 0.3) is 22.3 Å². The zero-order valence-corrected chi connectivity index (χ0v) is 85.2. The van der Waals surface area contributed by atoms with Gasteiger partial charge in [-0.2, -0.15) is 0 Å². The highest BCUT2D eigenvalue weighted by Crippen LogP contribution is 2.40. The van der Waals surface area contributed by atoms with Crippen molar-refractivity contribution in [3.63, 3.8) is 0 Å². The van der Waals surface area contributed by atoms with Crippen LogP contribution in [0.3, 0.4) is 0 Å². The van der Waals surface area contributed by atoms with E-state index in [2.05, 4.69) is 10.6 Å². The van der Waals surface area contributed by atoms with Crippen LogP contribution in [-0.4, -0.2) is 172 Å². The Morgan fingerprint density at radius 2 is 0.679 bits per heavy atom. The van der Waals surface area contributed by atoms with Crippen molar-refractivity contribution in [2.24, 2.45) is 45.3 Å². The van der Waals surface area contributed by atoms with Crippen LogP contribution in [0.2, 0.25) is 0 Å². The number of amides is 8. The fourth-order valence-electron chi connectivity index (χ4n) is 18.0. The zero-order valence-electron chi connectivity index (χ0n) is 85.2. The summed E-state index contributed by atoms with van der Waals surface area (Å²) >= 11 is 0. The topological polar surface area (TPSA) is 248 Å². The van der Waals surface area contributed by atoms with Gasteiger partial charge in [0, 0.05) is 95.8 Å². The van der Waals surface area contributed by atoms with Gasteiger partial charge in [-0.3, -0.25) is 57.5 Å². The molecule has 0 spiro atoms. The van der Waals surface area contributed by atoms with E-state index >= 15 is 0 Å². The molecule has 0 bridgehead atoms. The number of likely N-dealkylation sites (N-methyl/N-ethyl adjacent to an activating group) is 3. The molecule has 6 aromatic rings. The van der Waals surface area contributed by atoms with Crippen molar-refractivity contribution in [3.8, 4) is 0 Å². The van der Waals surface area contributed by atoms with Gasteiger partial charge in [-0.05, 0) is 242 Å². The number of allylic oxidation sites excluding steroid dienone is 8. The van der Waals surface area contributed by atoms with Crippen LogP contribution in [0.1, 0.15) is 272 Å². The summed E-state index contributed by atoms with van der Waals surface area (Å²) in [5.74, 6) is -3.13. The van der Waals surface area contributed by atoms with E-state index in [1.54, 1.807) is 57.9 Å². The highest BCUT2D eigenvalue weighted by molar-refractivity contribution is 6.04. The van der Waals surface area contributed by atoms with Gasteiger partial charge in [0.15, 0.2) is 23.1 Å². The summed E-state index contributed by atoms with van der Waals surface area (Å²) in [6.07, 6.45) is 17.2. The molecule has 3 aliphatic heterocycles. The second kappa shape index (κ2) is 50.3. The third kappa shape index (κ3) is 32.5. The third-order valence-electron chi connectivity index (χ3n) is 26.8. The van der Waals surface area contributed by atoms with Gasteiger partial charge in [-0.25, -0.2) is 0 Å². The van der Waals surface area contributed by atoms with E-state index in [1.807, 2.05) is 322 Å². The number of carbonyl (C=O) groups excluding carboxylic acids is 12. The number of hydrogen-bond donors (Lipinski definition) is 2. The van der Waals surface area contributed by atoms with Crippen LogP contribution >= 0.6 is 0 Å². The lowest BCUT2D eigenvalue weighted by atomic mass is 9.76. The Morgan fingerprint density at radius 3 is 1.00 bits per heavy atom. The number of nitrogens with zero attached hydrogens (tertiary/aromatic N) is 6. The number of hydrogen-bond acceptors (Lipinski definition) is 12. The van der Waals surface area contributed by atoms with Crippen molar-refractivity contribution in [2.45, 2.75) is 286 Å². The maximum atomic E-state index is 13.8. The normalized spacial score (nSPS) is 17.4. The Bertz CT molecular complexity index is 5110. The number of likely N-dealkylation sites (tertiary alicyclic amines) is 3. The van der Waals surface area contributed by atoms with Crippen LogP contribution in [0.15, 0.2) is 182 Å². The molecule has 0 radical (unpaired) electrons. The first-order valence-electron chi connectivity index (χ1n) is 48.5. The van der Waals surface area contributed by atoms with Gasteiger partial charge >= 0.3 is 0 Å². The second-order valence-corrected chi connectivity index (χ2v) is 41.8. The lowest BCUT2D eigenvalue weighted by Crippen LogP contribution is -2.52. The molecule has 20 nitrogen and oxygen atoms in total. The van der Waals surface area contributed by atoms with Gasteiger partial charge in [-0.15, -0.1) is 0 Å². The van der Waals surface area contributed by atoms with Crippen molar-refractivity contribution in [2.75, 3.05) is 57.0 Å². The number of para-hydroxylation sites is 2. The molecule has 8 amide bonds. The summed E-state index contributed by atoms with van der Waals surface area (Å²) in [6, 6.07) is 49.0. The molecule has 3 heterocycles. The van der Waals surface area contributed by atoms with E-state index in [9.17, 15) is 57.5 Å². The van der Waals surface area contributed by atoms with Crippen LogP contribution in [0, 0.1) is 73.0 Å². The maximum Gasteiger partial charge on any atom is 0.249 e. The summed E-state index contributed by atoms with van der Waals surface area (Å²) < 4.78 is 0. The fourth-order valence-corrected chi connectivity index (χ4v) is 18.0. The summed E-state index contributed by atoms with van der Waals surface area (Å²) in [7, 11) is 3.59. The van der Waals surface area contributed by atoms with Crippen LogP contribution in [-0.2, 0) is 57.5 Å². The SMILES string of the molecule is C/C(=C\C(=O)C[C@H](C(=O)N1CCC[C@H]1C(=O)N(C)C1CCCCC1)C(C)(C)C)c1ccc(C)cc1.C/C(=C\C(=O)C[C@H](C(=O)N1CCC[C@H]1C(=O)Nc1ccccc1)C(C)(C)C)c1ccc(C)cc1.C/C(=C\C(=O)C[C@H](C(=O)N[C@@H](C)C(=O)N(C)c1ccccc1)C(C)(C)C)c1ccc(C)cc1.CCN(CC)C(=O)[C@@H]1CCCN1C(=O)[C@@H](CC(=O)/C=C(\C)c1ccc(C)cc1)C(C)(C)C. The van der Waals surface area contributed by atoms with Gasteiger partial charge in [0.1, 0.15) is 24.2 Å². The summed E-state index contributed by atoms with van der Waals surface area (Å²) in [4.78, 5) is 169. The molecule has 3 saturated heterocycles. The van der Waals surface area contributed by atoms with Crippen molar-refractivity contribution < 1.29 is 57.5 Å². The minimum absolute atomic E-state index is 0.0231. The Hall–Kier alpha value is -11.3. The molecule has 0 unspecified atom stereocenters. The molecule has 1 aliphatic carbocycles. The predicted octanol–water partition coefficient (Wildman–Crippen LogP) is 21.5. The number of benzene rings is 6. The Kier molecular flexibility index (Phi) is 41.2. The summed E-state index contributed by atoms with van der Waals surface area (Å²) in [6.45, 7) is 48.1. The average molecular weight is 1830 g/mol. The summed E-state index contributed by atoms with van der Waals surface area (Å²) in [5.41, 5.74) is 12.0. The Morgan fingerprint density at radius 1 is 0.381 bits per heavy atom. The third-order valence-corrected chi connectivity index (χ3v) is 26.8. The first-order valence-corrected chi connectivity index (χ1v) is 48.5. The first kappa shape index (κ1) is 110. The maximum absolute atomic E-state index is 13.8. The van der Waals surface area contributed by atoms with Crippen LogP contribution in [0.4, 0.5) is 11.4 Å². The summed E-state index contributed by atoms with van der Waals surface area (Å²) in [5, 5.41) is 5.76. The van der Waals surface area contributed by atoms with Crippen molar-refractivity contribution in [1.82, 2.24) is 29.8 Å². The van der Waals surface area contributed by atoms with E-state index in [-0.39, 0.29) is 113 Å². The van der Waals surface area contributed by atoms with Gasteiger partial charge in [-0.1, -0.05) is 258 Å². The van der Waals surface area contributed by atoms with Crippen molar-refractivity contribution in [3.05, 3.63) is 227 Å². The lowest BCUT2D eigenvalue weighted by molar-refractivity contribution is -0.149. The molecule has 2 N–H and O–H groups in total. The molecule has 8 atom stereocenters. The number of anilines is 2. The number of nitrogens with one attached hydrogen (secondary N) is 2. The van der Waals surface area contributed by atoms with Gasteiger partial charge in [0.25, 0.3) is 0 Å². The fraction of sp³-hybridized carbons (Fsp3) is 0.509. The number of ketones is 4. The number of rotatable bonds is 30. The number of aryl methyl sites for hydroxylation is 4. The molecule has 134 heavy (non-hydrogen) atoms. The second-order valence-electron chi connectivity index (χ2n) is 41.8. The molecule has 20 heteroatoms. The molecular weight excluding hydrogens is 1670 g/mol. The molecule has 1 saturated carbocycles. The molecule has 4 fully saturated rings. The highest BCUT2D eigenvalue weighted by atomic mass is 16.2. The van der Waals surface area contributed by atoms with E-state index in [4.69, 9.17) is 0 Å². The van der Waals surface area contributed by atoms with Gasteiger partial charge in [0.05, 0.1) is 17.8 Å². The molecule has 10 rings (SSSR count). The monoisotopic (exact) mass is 1830 g/mol. The van der Waals surface area contributed by atoms with Gasteiger partial charge in [0.2, 0.25) is 47.3 Å². The first-order chi connectivity index (χ1) is 62.9. The van der Waals surface area contributed by atoms with E-state index in [0.29, 0.717) is 57.7 Å². The minimum Gasteiger partial charge on any atom is -0.344 e. The minimum atomic E-state index is -0.715. The highest BCUT2D eigenvalue weighted by Gasteiger charge is 2.47. The zero-order chi connectivity index (χ0) is 99.4. The predicted molar refractivity (Wildman–Crippen MR) is 544 cm³/mol. The largest absolute Gasteiger partial charge is 0.344 e.